The highest BCUT2D eigenvalue weighted by Crippen LogP contribution is 2.32. The molecule has 1 amide bonds. The van der Waals surface area contributed by atoms with E-state index < -0.39 is 0 Å². The van der Waals surface area contributed by atoms with Crippen LogP contribution in [-0.2, 0) is 6.61 Å². The average molecular weight is 428 g/mol. The van der Waals surface area contributed by atoms with E-state index in [9.17, 15) is 4.79 Å². The lowest BCUT2D eigenvalue weighted by Gasteiger charge is -2.05. The first-order valence-corrected chi connectivity index (χ1v) is 9.46. The highest BCUT2D eigenvalue weighted by Gasteiger charge is 2.15. The number of hydrogen-bond acceptors (Lipinski definition) is 4. The molecule has 2 aromatic carbocycles. The maximum absolute atomic E-state index is 12.5. The van der Waals surface area contributed by atoms with Gasteiger partial charge in [0.1, 0.15) is 23.9 Å². The van der Waals surface area contributed by atoms with E-state index in [4.69, 9.17) is 37.1 Å². The fourth-order valence-corrected chi connectivity index (χ4v) is 3.32. The highest BCUT2D eigenvalue weighted by atomic mass is 35.5. The van der Waals surface area contributed by atoms with Crippen molar-refractivity contribution in [3.05, 3.63) is 88.3 Å². The zero-order valence-electron chi connectivity index (χ0n) is 15.0. The number of carbonyl (C=O) groups excluding carboxylic acids is 1. The van der Waals surface area contributed by atoms with Gasteiger partial charge in [-0.25, -0.2) is 0 Å². The molecule has 0 spiro atoms. The van der Waals surface area contributed by atoms with E-state index in [2.05, 4.69) is 5.32 Å². The number of amides is 1. The molecular formula is C22H15Cl2NO4. The fourth-order valence-electron chi connectivity index (χ4n) is 2.82. The van der Waals surface area contributed by atoms with Crippen molar-refractivity contribution < 1.29 is 18.7 Å². The normalized spacial score (nSPS) is 10.9. The van der Waals surface area contributed by atoms with Gasteiger partial charge in [-0.05, 0) is 66.7 Å². The van der Waals surface area contributed by atoms with E-state index >= 15 is 0 Å². The van der Waals surface area contributed by atoms with Crippen molar-refractivity contribution in [2.45, 2.75) is 6.61 Å². The number of nitrogens with one attached hydrogen (secondary N) is 1. The maximum atomic E-state index is 12.5. The minimum absolute atomic E-state index is 0.152. The van der Waals surface area contributed by atoms with Gasteiger partial charge < -0.3 is 19.3 Å². The number of carbonyl (C=O) groups is 1. The second kappa shape index (κ2) is 8.17. The number of halogens is 2. The number of anilines is 1. The zero-order chi connectivity index (χ0) is 20.4. The fraction of sp³-hybridized carbons (Fsp3) is 0.0455. The van der Waals surface area contributed by atoms with Crippen LogP contribution in [0.25, 0.3) is 22.6 Å². The van der Waals surface area contributed by atoms with Crippen molar-refractivity contribution in [1.82, 2.24) is 0 Å². The van der Waals surface area contributed by atoms with Crippen LogP contribution in [0.5, 0.6) is 0 Å². The number of aliphatic hydroxyl groups excluding tert-OH is 1. The van der Waals surface area contributed by atoms with Crippen LogP contribution in [0.15, 0.2) is 75.6 Å². The molecule has 0 saturated carbocycles. The second-order valence-corrected chi connectivity index (χ2v) is 7.09. The number of aliphatic hydroxyl groups is 1. The summed E-state index contributed by atoms with van der Waals surface area (Å²) < 4.78 is 11.2. The Morgan fingerprint density at radius 3 is 2.34 bits per heavy atom. The topological polar surface area (TPSA) is 75.6 Å². The van der Waals surface area contributed by atoms with Gasteiger partial charge in [0.05, 0.1) is 5.02 Å². The minimum atomic E-state index is -0.380. The van der Waals surface area contributed by atoms with Crippen molar-refractivity contribution in [2.75, 3.05) is 5.32 Å². The second-order valence-electron chi connectivity index (χ2n) is 6.24. The van der Waals surface area contributed by atoms with Crippen molar-refractivity contribution >= 4 is 34.8 Å². The van der Waals surface area contributed by atoms with E-state index in [0.29, 0.717) is 38.6 Å². The maximum Gasteiger partial charge on any atom is 0.291 e. The number of benzene rings is 2. The predicted octanol–water partition coefficient (Wildman–Crippen LogP) is 6.26. The Bertz CT molecular complexity index is 1160. The van der Waals surface area contributed by atoms with Crippen LogP contribution in [0.4, 0.5) is 5.69 Å². The van der Waals surface area contributed by atoms with Crippen LogP contribution < -0.4 is 5.32 Å². The molecule has 0 aliphatic carbocycles. The van der Waals surface area contributed by atoms with Crippen LogP contribution >= 0.6 is 23.2 Å². The van der Waals surface area contributed by atoms with E-state index in [1.54, 1.807) is 54.6 Å². The zero-order valence-corrected chi connectivity index (χ0v) is 16.5. The van der Waals surface area contributed by atoms with Crippen molar-refractivity contribution in [2.24, 2.45) is 0 Å². The summed E-state index contributed by atoms with van der Waals surface area (Å²) in [5.41, 5.74) is 2.09. The number of rotatable bonds is 5. The standard InChI is InChI=1S/C22H15Cl2NO4/c23-14-3-7-17(18(24)11-14)20-9-10-21(29-20)22(27)25-15-4-1-13(2-5-15)19-8-6-16(12-26)28-19/h1-11,26H,12H2,(H,25,27). The number of hydrogen-bond donors (Lipinski definition) is 2. The molecular weight excluding hydrogens is 413 g/mol. The van der Waals surface area contributed by atoms with Crippen molar-refractivity contribution in [3.8, 4) is 22.6 Å². The molecule has 29 heavy (non-hydrogen) atoms. The molecule has 4 rings (SSSR count). The Balaban J connectivity index is 1.47. The van der Waals surface area contributed by atoms with Crippen LogP contribution in [0.1, 0.15) is 16.3 Å². The van der Waals surface area contributed by atoms with Gasteiger partial charge in [-0.3, -0.25) is 4.79 Å². The van der Waals surface area contributed by atoms with Crippen molar-refractivity contribution in [3.63, 3.8) is 0 Å². The third-order valence-corrected chi connectivity index (χ3v) is 4.82. The molecule has 5 nitrogen and oxygen atoms in total. The van der Waals surface area contributed by atoms with Gasteiger partial charge in [0.15, 0.2) is 5.76 Å². The molecule has 0 radical (unpaired) electrons. The monoisotopic (exact) mass is 427 g/mol. The Hall–Kier alpha value is -2.99. The van der Waals surface area contributed by atoms with Gasteiger partial charge in [-0.15, -0.1) is 0 Å². The van der Waals surface area contributed by atoms with E-state index in [1.807, 2.05) is 12.1 Å². The largest absolute Gasteiger partial charge is 0.459 e. The summed E-state index contributed by atoms with van der Waals surface area (Å²) in [6, 6.07) is 19.0. The lowest BCUT2D eigenvalue weighted by atomic mass is 10.1. The summed E-state index contributed by atoms with van der Waals surface area (Å²) in [5, 5.41) is 12.8. The smallest absolute Gasteiger partial charge is 0.291 e. The summed E-state index contributed by atoms with van der Waals surface area (Å²) >= 11 is 12.1. The summed E-state index contributed by atoms with van der Waals surface area (Å²) in [6.45, 7) is -0.152. The first-order chi connectivity index (χ1) is 14.0. The molecule has 0 atom stereocenters. The molecule has 0 saturated heterocycles. The van der Waals surface area contributed by atoms with E-state index in [-0.39, 0.29) is 18.3 Å². The lowest BCUT2D eigenvalue weighted by molar-refractivity contribution is 0.0997. The summed E-state index contributed by atoms with van der Waals surface area (Å²) in [7, 11) is 0. The molecule has 2 N–H and O–H groups in total. The summed E-state index contributed by atoms with van der Waals surface area (Å²) in [6.07, 6.45) is 0. The molecule has 0 unspecified atom stereocenters. The molecule has 4 aromatic rings. The number of furan rings is 2. The first kappa shape index (κ1) is 19.3. The van der Waals surface area contributed by atoms with Crippen molar-refractivity contribution in [1.29, 1.82) is 0 Å². The molecule has 0 aliphatic heterocycles. The third kappa shape index (κ3) is 4.22. The molecule has 0 fully saturated rings. The van der Waals surface area contributed by atoms with Crippen LogP contribution in [0.2, 0.25) is 10.0 Å². The Labute approximate surface area is 176 Å². The quantitative estimate of drug-likeness (QED) is 0.394. The van der Waals surface area contributed by atoms with Gasteiger partial charge in [0, 0.05) is 21.8 Å². The summed E-state index contributed by atoms with van der Waals surface area (Å²) in [5.74, 6) is 1.39. The molecule has 2 aromatic heterocycles. The van der Waals surface area contributed by atoms with Gasteiger partial charge in [-0.2, -0.15) is 0 Å². The Morgan fingerprint density at radius 1 is 0.897 bits per heavy atom. The van der Waals surface area contributed by atoms with Gasteiger partial charge >= 0.3 is 0 Å². The van der Waals surface area contributed by atoms with Gasteiger partial charge in [0.25, 0.3) is 5.91 Å². The molecule has 146 valence electrons. The Kier molecular flexibility index (Phi) is 5.45. The van der Waals surface area contributed by atoms with Crippen LogP contribution in [-0.4, -0.2) is 11.0 Å². The SMILES string of the molecule is O=C(Nc1ccc(-c2ccc(CO)o2)cc1)c1ccc(-c2ccc(Cl)cc2Cl)o1. The summed E-state index contributed by atoms with van der Waals surface area (Å²) in [4.78, 5) is 12.5. The minimum Gasteiger partial charge on any atom is -0.459 e. The van der Waals surface area contributed by atoms with E-state index in [1.165, 1.54) is 0 Å². The predicted molar refractivity (Wildman–Crippen MR) is 112 cm³/mol. The molecule has 2 heterocycles. The molecule has 7 heteroatoms. The first-order valence-electron chi connectivity index (χ1n) is 8.70. The Morgan fingerprint density at radius 2 is 1.66 bits per heavy atom. The lowest BCUT2D eigenvalue weighted by Crippen LogP contribution is -2.10. The highest BCUT2D eigenvalue weighted by molar-refractivity contribution is 6.36. The van der Waals surface area contributed by atoms with Crippen LogP contribution in [0, 0.1) is 0 Å². The van der Waals surface area contributed by atoms with Crippen LogP contribution in [0.3, 0.4) is 0 Å². The molecule has 0 aliphatic rings. The van der Waals surface area contributed by atoms with E-state index in [0.717, 1.165) is 5.56 Å². The third-order valence-electron chi connectivity index (χ3n) is 4.27. The average Bonchev–Trinajstić information content (AvgIpc) is 3.38. The van der Waals surface area contributed by atoms with Gasteiger partial charge in [-0.1, -0.05) is 23.2 Å². The van der Waals surface area contributed by atoms with Gasteiger partial charge in [0.2, 0.25) is 0 Å². The molecule has 0 bridgehead atoms.